The molecule has 4 aromatic rings. The zero-order valence-corrected chi connectivity index (χ0v) is 24.8. The summed E-state index contributed by atoms with van der Waals surface area (Å²) in [7, 11) is 1.51. The van der Waals surface area contributed by atoms with E-state index in [0.29, 0.717) is 22.6 Å². The molecule has 0 unspecified atom stereocenters. The lowest BCUT2D eigenvalue weighted by Crippen LogP contribution is -2.51. The Balaban J connectivity index is 1.55. The predicted octanol–water partition coefficient (Wildman–Crippen LogP) is 6.16. The fourth-order valence-electron chi connectivity index (χ4n) is 7.45. The van der Waals surface area contributed by atoms with Crippen molar-refractivity contribution >= 4 is 40.1 Å². The molecule has 3 heterocycles. The highest BCUT2D eigenvalue weighted by molar-refractivity contribution is 6.18. The van der Waals surface area contributed by atoms with Gasteiger partial charge in [-0.3, -0.25) is 24.5 Å². The number of para-hydroxylation sites is 1. The highest BCUT2D eigenvalue weighted by Gasteiger charge is 2.70. The Morgan fingerprint density at radius 3 is 2.40 bits per heavy atom. The number of Topliss-reactive ketones (excluding diaryl/α,β-unsaturated/α-hetero) is 2. The number of rotatable bonds is 6. The van der Waals surface area contributed by atoms with E-state index in [1.54, 1.807) is 36.4 Å². The minimum absolute atomic E-state index is 0.0545. The van der Waals surface area contributed by atoms with Crippen molar-refractivity contribution in [1.82, 2.24) is 0 Å². The maximum atomic E-state index is 15.0. The van der Waals surface area contributed by atoms with Crippen LogP contribution in [0.1, 0.15) is 44.3 Å². The van der Waals surface area contributed by atoms with Gasteiger partial charge in [-0.15, -0.1) is 0 Å². The van der Waals surface area contributed by atoms with Gasteiger partial charge in [-0.25, -0.2) is 0 Å². The SMILES string of the molecule is COc1cccc(C(=O)[C@@H]2[C@H](C(=O)c3cccc([N+](=O)[O-])c3)[C@@]3(C(=O)Nc4ccccc43)[C@@H]3C=C(C)c4cc(C)ccc4N23)c1. The Morgan fingerprint density at radius 1 is 0.911 bits per heavy atom. The highest BCUT2D eigenvalue weighted by atomic mass is 16.6. The lowest BCUT2D eigenvalue weighted by Gasteiger charge is -2.39. The van der Waals surface area contributed by atoms with Crippen LogP contribution in [0.15, 0.2) is 97.1 Å². The Bertz CT molecular complexity index is 1980. The third-order valence-electron chi connectivity index (χ3n) is 9.38. The number of fused-ring (bicyclic) bond motifs is 6. The average molecular weight is 600 g/mol. The number of amides is 1. The van der Waals surface area contributed by atoms with Crippen LogP contribution in [0.5, 0.6) is 5.75 Å². The number of carbonyl (C=O) groups excluding carboxylic acids is 3. The van der Waals surface area contributed by atoms with Gasteiger partial charge in [0.2, 0.25) is 5.91 Å². The van der Waals surface area contributed by atoms with E-state index in [1.807, 2.05) is 55.2 Å². The summed E-state index contributed by atoms with van der Waals surface area (Å²) < 4.78 is 5.42. The van der Waals surface area contributed by atoms with E-state index in [2.05, 4.69) is 5.32 Å². The van der Waals surface area contributed by atoms with Crippen molar-refractivity contribution in [2.24, 2.45) is 5.92 Å². The molecule has 9 heteroatoms. The summed E-state index contributed by atoms with van der Waals surface area (Å²) in [6.07, 6.45) is 1.98. The normalized spacial score (nSPS) is 22.6. The molecule has 3 aliphatic heterocycles. The van der Waals surface area contributed by atoms with E-state index in [0.717, 1.165) is 22.4 Å². The minimum atomic E-state index is -1.53. The van der Waals surface area contributed by atoms with Gasteiger partial charge in [-0.1, -0.05) is 60.2 Å². The van der Waals surface area contributed by atoms with Crippen LogP contribution in [0.2, 0.25) is 0 Å². The fourth-order valence-corrected chi connectivity index (χ4v) is 7.45. The molecule has 4 aromatic carbocycles. The quantitative estimate of drug-likeness (QED) is 0.160. The number of carbonyl (C=O) groups is 3. The predicted molar refractivity (Wildman–Crippen MR) is 170 cm³/mol. The molecular formula is C36H29N3O6. The summed E-state index contributed by atoms with van der Waals surface area (Å²) in [5, 5.41) is 14.7. The molecule has 1 spiro atoms. The number of nitro groups is 1. The number of ketones is 2. The molecule has 7 rings (SSSR count). The van der Waals surface area contributed by atoms with Crippen LogP contribution in [-0.4, -0.2) is 41.6 Å². The molecule has 1 amide bonds. The van der Waals surface area contributed by atoms with Crippen molar-refractivity contribution in [2.45, 2.75) is 31.3 Å². The first-order valence-corrected chi connectivity index (χ1v) is 14.6. The summed E-state index contributed by atoms with van der Waals surface area (Å²) in [6.45, 7) is 3.95. The maximum absolute atomic E-state index is 15.0. The van der Waals surface area contributed by atoms with Crippen molar-refractivity contribution in [3.05, 3.63) is 135 Å². The van der Waals surface area contributed by atoms with Crippen molar-refractivity contribution in [3.8, 4) is 5.75 Å². The lowest BCUT2D eigenvalue weighted by molar-refractivity contribution is -0.384. The number of allylic oxidation sites excluding steroid dienone is 1. The summed E-state index contributed by atoms with van der Waals surface area (Å²) >= 11 is 0. The van der Waals surface area contributed by atoms with Gasteiger partial charge in [0.25, 0.3) is 5.69 Å². The smallest absolute Gasteiger partial charge is 0.270 e. The average Bonchev–Trinajstić information content (AvgIpc) is 3.52. The third kappa shape index (κ3) is 4.03. The Kier molecular flexibility index (Phi) is 6.43. The number of nitrogens with one attached hydrogen (secondary N) is 1. The molecule has 0 bridgehead atoms. The van der Waals surface area contributed by atoms with E-state index < -0.39 is 40.0 Å². The number of hydrogen-bond acceptors (Lipinski definition) is 7. The maximum Gasteiger partial charge on any atom is 0.270 e. The largest absolute Gasteiger partial charge is 0.497 e. The van der Waals surface area contributed by atoms with Crippen LogP contribution in [-0.2, 0) is 10.2 Å². The van der Waals surface area contributed by atoms with Gasteiger partial charge < -0.3 is 15.0 Å². The molecule has 4 atom stereocenters. The Morgan fingerprint density at radius 2 is 1.64 bits per heavy atom. The van der Waals surface area contributed by atoms with Gasteiger partial charge in [-0.05, 0) is 55.3 Å². The van der Waals surface area contributed by atoms with Gasteiger partial charge in [0.15, 0.2) is 11.6 Å². The molecule has 0 saturated carbocycles. The number of hydrogen-bond donors (Lipinski definition) is 1. The second kappa shape index (κ2) is 10.3. The number of non-ortho nitro benzene ring substituents is 1. The number of ether oxygens (including phenoxy) is 1. The van der Waals surface area contributed by atoms with Crippen molar-refractivity contribution in [3.63, 3.8) is 0 Å². The fraction of sp³-hybridized carbons (Fsp3) is 0.194. The van der Waals surface area contributed by atoms with Crippen molar-refractivity contribution < 1.29 is 24.0 Å². The minimum Gasteiger partial charge on any atom is -0.497 e. The standard InChI is InChI=1S/C36H29N3O6/c1-20-14-15-29-26(16-20)21(2)17-30-36(27-12-4-5-13-28(27)37-35(36)42)31(33(40)22-8-6-10-24(18-22)39(43)44)32(38(29)30)34(41)23-9-7-11-25(19-23)45-3/h4-19,30-32H,1-3H3,(H,37,42)/t30-,31+,32-,36-/m0/s1. The lowest BCUT2D eigenvalue weighted by atomic mass is 9.64. The number of nitro benzene ring substituents is 1. The zero-order chi connectivity index (χ0) is 31.6. The second-order valence-electron chi connectivity index (χ2n) is 11.8. The van der Waals surface area contributed by atoms with E-state index >= 15 is 0 Å². The van der Waals surface area contributed by atoms with Crippen LogP contribution >= 0.6 is 0 Å². The number of benzene rings is 4. The topological polar surface area (TPSA) is 119 Å². The Labute approximate surface area is 259 Å². The van der Waals surface area contributed by atoms with Crippen LogP contribution in [0.3, 0.4) is 0 Å². The van der Waals surface area contributed by atoms with Crippen LogP contribution in [0, 0.1) is 23.0 Å². The van der Waals surface area contributed by atoms with E-state index in [4.69, 9.17) is 4.74 Å². The molecule has 0 aromatic heterocycles. The van der Waals surface area contributed by atoms with Gasteiger partial charge in [0.05, 0.1) is 24.0 Å². The number of methoxy groups -OCH3 is 1. The Hall–Kier alpha value is -5.57. The summed E-state index contributed by atoms with van der Waals surface area (Å²) in [5.74, 6) is -2.07. The molecule has 1 saturated heterocycles. The molecule has 45 heavy (non-hydrogen) atoms. The van der Waals surface area contributed by atoms with Gasteiger partial charge in [-0.2, -0.15) is 0 Å². The molecular weight excluding hydrogens is 570 g/mol. The van der Waals surface area contributed by atoms with E-state index in [-0.39, 0.29) is 17.0 Å². The monoisotopic (exact) mass is 599 g/mol. The molecule has 1 N–H and O–H groups in total. The molecule has 9 nitrogen and oxygen atoms in total. The molecule has 0 aliphatic carbocycles. The van der Waals surface area contributed by atoms with Crippen LogP contribution in [0.25, 0.3) is 5.57 Å². The van der Waals surface area contributed by atoms with E-state index in [9.17, 15) is 24.5 Å². The van der Waals surface area contributed by atoms with Gasteiger partial charge >= 0.3 is 0 Å². The van der Waals surface area contributed by atoms with Crippen LogP contribution in [0.4, 0.5) is 17.1 Å². The first kappa shape index (κ1) is 28.2. The number of nitrogens with zero attached hydrogens (tertiary/aromatic N) is 2. The summed E-state index contributed by atoms with van der Waals surface area (Å²) in [5.41, 5.74) is 3.34. The van der Waals surface area contributed by atoms with Gasteiger partial charge in [0, 0.05) is 40.2 Å². The number of anilines is 2. The van der Waals surface area contributed by atoms with Crippen molar-refractivity contribution in [2.75, 3.05) is 17.3 Å². The molecule has 1 fully saturated rings. The molecule has 0 radical (unpaired) electrons. The van der Waals surface area contributed by atoms with Gasteiger partial charge in [0.1, 0.15) is 17.2 Å². The summed E-state index contributed by atoms with van der Waals surface area (Å²) in [6, 6.07) is 23.5. The second-order valence-corrected chi connectivity index (χ2v) is 11.8. The summed E-state index contributed by atoms with van der Waals surface area (Å²) in [4.78, 5) is 57.5. The van der Waals surface area contributed by atoms with Crippen LogP contribution < -0.4 is 15.0 Å². The molecule has 3 aliphatic rings. The third-order valence-corrected chi connectivity index (χ3v) is 9.38. The highest BCUT2D eigenvalue weighted by Crippen LogP contribution is 2.59. The first-order chi connectivity index (χ1) is 21.7. The first-order valence-electron chi connectivity index (χ1n) is 14.6. The van der Waals surface area contributed by atoms with Crippen molar-refractivity contribution in [1.29, 1.82) is 0 Å². The van der Waals surface area contributed by atoms with E-state index in [1.165, 1.54) is 31.4 Å². The molecule has 224 valence electrons. The number of aryl methyl sites for hydroxylation is 1. The zero-order valence-electron chi connectivity index (χ0n) is 24.8.